The fraction of sp³-hybridized carbons (Fsp3) is 0.0500. The molecule has 0 fully saturated rings. The van der Waals surface area contributed by atoms with Gasteiger partial charge >= 0.3 is 0 Å². The van der Waals surface area contributed by atoms with Crippen molar-refractivity contribution >= 4 is 17.5 Å². The van der Waals surface area contributed by atoms with E-state index in [-0.39, 0.29) is 11.7 Å². The molecule has 4 nitrogen and oxygen atoms in total. The van der Waals surface area contributed by atoms with Crippen LogP contribution < -0.4 is 5.32 Å². The zero-order chi connectivity index (χ0) is 16.7. The molecule has 1 amide bonds. The molecule has 0 saturated carbocycles. The number of amides is 1. The standard InChI is InChI=1S/C20H14N2O2/c1-12-6-5-11-21-19(12)22-20(24)16-10-4-9-14-13-7-2-3-8-15(13)18(23)17(14)16/h2-11H,1H3,(H,21,22,24). The first kappa shape index (κ1) is 14.3. The highest BCUT2D eigenvalue weighted by molar-refractivity contribution is 6.26. The summed E-state index contributed by atoms with van der Waals surface area (Å²) in [7, 11) is 0. The van der Waals surface area contributed by atoms with E-state index in [2.05, 4.69) is 10.3 Å². The van der Waals surface area contributed by atoms with Crippen molar-refractivity contribution in [3.8, 4) is 11.1 Å². The molecule has 0 saturated heterocycles. The number of pyridine rings is 1. The normalized spacial score (nSPS) is 11.8. The number of benzene rings is 2. The third kappa shape index (κ3) is 2.12. The van der Waals surface area contributed by atoms with Gasteiger partial charge in [0.1, 0.15) is 5.82 Å². The van der Waals surface area contributed by atoms with Gasteiger partial charge in [0.05, 0.1) is 5.56 Å². The molecular weight excluding hydrogens is 300 g/mol. The van der Waals surface area contributed by atoms with Gasteiger partial charge in [-0.15, -0.1) is 0 Å². The van der Waals surface area contributed by atoms with Crippen molar-refractivity contribution in [3.63, 3.8) is 0 Å². The van der Waals surface area contributed by atoms with Gasteiger partial charge in [0.25, 0.3) is 5.91 Å². The van der Waals surface area contributed by atoms with E-state index in [4.69, 9.17) is 0 Å². The number of aromatic nitrogens is 1. The number of hydrogen-bond acceptors (Lipinski definition) is 3. The van der Waals surface area contributed by atoms with E-state index in [0.29, 0.717) is 22.5 Å². The summed E-state index contributed by atoms with van der Waals surface area (Å²) < 4.78 is 0. The van der Waals surface area contributed by atoms with Crippen molar-refractivity contribution in [2.24, 2.45) is 0 Å². The monoisotopic (exact) mass is 314 g/mol. The molecule has 1 aromatic heterocycles. The van der Waals surface area contributed by atoms with Crippen molar-refractivity contribution in [1.29, 1.82) is 0 Å². The highest BCUT2D eigenvalue weighted by atomic mass is 16.2. The van der Waals surface area contributed by atoms with Gasteiger partial charge in [-0.1, -0.05) is 42.5 Å². The van der Waals surface area contributed by atoms with Crippen LogP contribution in [0.5, 0.6) is 0 Å². The zero-order valence-electron chi connectivity index (χ0n) is 13.0. The van der Waals surface area contributed by atoms with Crippen molar-refractivity contribution in [1.82, 2.24) is 4.98 Å². The van der Waals surface area contributed by atoms with Gasteiger partial charge in [-0.3, -0.25) is 9.59 Å². The Hall–Kier alpha value is -3.27. The van der Waals surface area contributed by atoms with Crippen LogP contribution in [0.1, 0.15) is 31.8 Å². The highest BCUT2D eigenvalue weighted by Gasteiger charge is 2.30. The number of aryl methyl sites for hydroxylation is 1. The second-order valence-corrected chi connectivity index (χ2v) is 5.73. The Balaban J connectivity index is 1.78. The Morgan fingerprint density at radius 3 is 2.46 bits per heavy atom. The van der Waals surface area contributed by atoms with Crippen molar-refractivity contribution in [2.45, 2.75) is 6.92 Å². The molecule has 0 atom stereocenters. The Bertz CT molecular complexity index is 992. The van der Waals surface area contributed by atoms with Crippen LogP contribution >= 0.6 is 0 Å². The minimum atomic E-state index is -0.324. The minimum absolute atomic E-state index is 0.107. The molecule has 0 spiro atoms. The number of fused-ring (bicyclic) bond motifs is 3. The molecule has 0 bridgehead atoms. The Morgan fingerprint density at radius 1 is 0.917 bits per heavy atom. The number of ketones is 1. The lowest BCUT2D eigenvalue weighted by Crippen LogP contribution is -2.17. The molecule has 4 rings (SSSR count). The summed E-state index contributed by atoms with van der Waals surface area (Å²) in [6, 6.07) is 16.5. The smallest absolute Gasteiger partial charge is 0.257 e. The largest absolute Gasteiger partial charge is 0.306 e. The Labute approximate surface area is 139 Å². The number of nitrogens with zero attached hydrogens (tertiary/aromatic N) is 1. The Kier molecular flexibility index (Phi) is 3.24. The molecule has 1 aliphatic carbocycles. The second-order valence-electron chi connectivity index (χ2n) is 5.73. The van der Waals surface area contributed by atoms with Crippen LogP contribution in [-0.2, 0) is 0 Å². The predicted octanol–water partition coefficient (Wildman–Crippen LogP) is 3.85. The first-order chi connectivity index (χ1) is 11.7. The van der Waals surface area contributed by atoms with Gasteiger partial charge in [0.15, 0.2) is 5.78 Å². The fourth-order valence-electron chi connectivity index (χ4n) is 3.05. The second kappa shape index (κ2) is 5.42. The lowest BCUT2D eigenvalue weighted by molar-refractivity contribution is 0.0998. The van der Waals surface area contributed by atoms with Gasteiger partial charge in [0, 0.05) is 17.3 Å². The van der Waals surface area contributed by atoms with Crippen LogP contribution in [0.3, 0.4) is 0 Å². The molecular formula is C20H14N2O2. The van der Waals surface area contributed by atoms with E-state index in [1.54, 1.807) is 24.4 Å². The van der Waals surface area contributed by atoms with Crippen LogP contribution in [0.2, 0.25) is 0 Å². The molecule has 24 heavy (non-hydrogen) atoms. The molecule has 1 aliphatic rings. The molecule has 4 heteroatoms. The minimum Gasteiger partial charge on any atom is -0.306 e. The molecule has 116 valence electrons. The van der Waals surface area contributed by atoms with Gasteiger partial charge in [-0.2, -0.15) is 0 Å². The predicted molar refractivity (Wildman–Crippen MR) is 92.2 cm³/mol. The summed E-state index contributed by atoms with van der Waals surface area (Å²) in [6.45, 7) is 1.87. The van der Waals surface area contributed by atoms with E-state index < -0.39 is 0 Å². The average molecular weight is 314 g/mol. The first-order valence-electron chi connectivity index (χ1n) is 7.67. The third-order valence-corrected chi connectivity index (χ3v) is 4.24. The van der Waals surface area contributed by atoms with Crippen molar-refractivity contribution < 1.29 is 9.59 Å². The van der Waals surface area contributed by atoms with Gasteiger partial charge in [-0.25, -0.2) is 4.98 Å². The van der Waals surface area contributed by atoms with Crippen LogP contribution in [0.4, 0.5) is 5.82 Å². The topological polar surface area (TPSA) is 59.1 Å². The summed E-state index contributed by atoms with van der Waals surface area (Å²) in [5, 5.41) is 2.80. The Morgan fingerprint density at radius 2 is 1.67 bits per heavy atom. The lowest BCUT2D eigenvalue weighted by Gasteiger charge is -2.09. The maximum atomic E-state index is 12.7. The third-order valence-electron chi connectivity index (χ3n) is 4.24. The van der Waals surface area contributed by atoms with E-state index >= 15 is 0 Å². The highest BCUT2D eigenvalue weighted by Crippen LogP contribution is 2.38. The number of rotatable bonds is 2. The maximum Gasteiger partial charge on any atom is 0.257 e. The number of anilines is 1. The average Bonchev–Trinajstić information content (AvgIpc) is 2.90. The molecule has 0 aliphatic heterocycles. The van der Waals surface area contributed by atoms with E-state index in [9.17, 15) is 9.59 Å². The molecule has 3 aromatic rings. The van der Waals surface area contributed by atoms with Crippen molar-refractivity contribution in [3.05, 3.63) is 83.0 Å². The van der Waals surface area contributed by atoms with Crippen LogP contribution in [0.15, 0.2) is 60.8 Å². The maximum absolute atomic E-state index is 12.7. The van der Waals surface area contributed by atoms with Gasteiger partial charge < -0.3 is 5.32 Å². The number of carbonyl (C=O) groups excluding carboxylic acids is 2. The van der Waals surface area contributed by atoms with Crippen molar-refractivity contribution in [2.75, 3.05) is 5.32 Å². The number of nitrogens with one attached hydrogen (secondary N) is 1. The van der Waals surface area contributed by atoms with E-state index in [0.717, 1.165) is 16.7 Å². The lowest BCUT2D eigenvalue weighted by atomic mass is 10.0. The molecule has 2 aromatic carbocycles. The van der Waals surface area contributed by atoms with Crippen LogP contribution in [0.25, 0.3) is 11.1 Å². The van der Waals surface area contributed by atoms with Gasteiger partial charge in [-0.05, 0) is 35.7 Å². The van der Waals surface area contributed by atoms with Crippen LogP contribution in [-0.4, -0.2) is 16.7 Å². The summed E-state index contributed by atoms with van der Waals surface area (Å²) in [4.78, 5) is 29.6. The quantitative estimate of drug-likeness (QED) is 0.611. The molecule has 0 unspecified atom stereocenters. The van der Waals surface area contributed by atoms with Gasteiger partial charge in [0.2, 0.25) is 0 Å². The molecule has 1 N–H and O–H groups in total. The first-order valence-corrected chi connectivity index (χ1v) is 7.67. The van der Waals surface area contributed by atoms with E-state index in [1.165, 1.54) is 0 Å². The fourth-order valence-corrected chi connectivity index (χ4v) is 3.05. The summed E-state index contributed by atoms with van der Waals surface area (Å²) in [5.74, 6) is 0.0713. The molecule has 1 heterocycles. The molecule has 0 radical (unpaired) electrons. The SMILES string of the molecule is Cc1cccnc1NC(=O)c1cccc2c1C(=O)c1ccccc1-2. The number of hydrogen-bond donors (Lipinski definition) is 1. The summed E-state index contributed by atoms with van der Waals surface area (Å²) in [6.07, 6.45) is 1.62. The zero-order valence-corrected chi connectivity index (χ0v) is 13.0. The summed E-state index contributed by atoms with van der Waals surface area (Å²) in [5.41, 5.74) is 4.03. The summed E-state index contributed by atoms with van der Waals surface area (Å²) >= 11 is 0. The number of carbonyl (C=O) groups is 2. The van der Waals surface area contributed by atoms with Crippen LogP contribution in [0, 0.1) is 6.92 Å². The van der Waals surface area contributed by atoms with E-state index in [1.807, 2.05) is 43.3 Å².